The Bertz CT molecular complexity index is 461. The van der Waals surface area contributed by atoms with Crippen LogP contribution in [0, 0.1) is 0 Å². The lowest BCUT2D eigenvalue weighted by atomic mass is 10.2. The number of hydrogen-bond donors (Lipinski definition) is 0. The van der Waals surface area contributed by atoms with E-state index in [9.17, 15) is 9.59 Å². The first-order valence-electron chi connectivity index (χ1n) is 5.94. The molecule has 2 heterocycles. The van der Waals surface area contributed by atoms with Gasteiger partial charge in [-0.15, -0.1) is 11.3 Å². The highest BCUT2D eigenvalue weighted by molar-refractivity contribution is 9.11. The standard InChI is InChI=1S/C12H15BrN2O2S/c1-2-5-14-6-7-15(12(17)11(14)16)8-9-3-4-10(13)18-9/h3-4H,2,5-8H2,1H3. The summed E-state index contributed by atoms with van der Waals surface area (Å²) >= 11 is 4.99. The molecule has 0 unspecified atom stereocenters. The van der Waals surface area contributed by atoms with Crippen LogP contribution in [0.5, 0.6) is 0 Å². The molecule has 0 radical (unpaired) electrons. The summed E-state index contributed by atoms with van der Waals surface area (Å²) in [7, 11) is 0. The minimum atomic E-state index is -0.376. The second kappa shape index (κ2) is 5.84. The van der Waals surface area contributed by atoms with Gasteiger partial charge in [-0.3, -0.25) is 9.59 Å². The van der Waals surface area contributed by atoms with Crippen LogP contribution in [0.1, 0.15) is 18.2 Å². The molecular weight excluding hydrogens is 316 g/mol. The van der Waals surface area contributed by atoms with E-state index in [4.69, 9.17) is 0 Å². The lowest BCUT2D eigenvalue weighted by Crippen LogP contribution is -2.53. The van der Waals surface area contributed by atoms with Crippen LogP contribution in [0.25, 0.3) is 0 Å². The molecular formula is C12H15BrN2O2S. The van der Waals surface area contributed by atoms with Gasteiger partial charge in [0.15, 0.2) is 0 Å². The molecule has 1 aromatic rings. The Morgan fingerprint density at radius 2 is 1.89 bits per heavy atom. The van der Waals surface area contributed by atoms with Gasteiger partial charge in [-0.2, -0.15) is 0 Å². The van der Waals surface area contributed by atoms with Gasteiger partial charge in [0.25, 0.3) is 0 Å². The first kappa shape index (κ1) is 13.5. The largest absolute Gasteiger partial charge is 0.333 e. The Labute approximate surface area is 119 Å². The molecule has 2 amide bonds. The summed E-state index contributed by atoms with van der Waals surface area (Å²) in [6.45, 7) is 4.47. The molecule has 1 aliphatic rings. The van der Waals surface area contributed by atoms with Gasteiger partial charge in [0.05, 0.1) is 10.3 Å². The number of halogens is 1. The van der Waals surface area contributed by atoms with Crippen LogP contribution < -0.4 is 0 Å². The van der Waals surface area contributed by atoms with Crippen LogP contribution in [0.4, 0.5) is 0 Å². The quantitative estimate of drug-likeness (QED) is 0.793. The average molecular weight is 331 g/mol. The first-order chi connectivity index (χ1) is 8.61. The SMILES string of the molecule is CCCN1CCN(Cc2ccc(Br)s2)C(=O)C1=O. The number of piperazine rings is 1. The van der Waals surface area contributed by atoms with Gasteiger partial charge in [0.2, 0.25) is 0 Å². The highest BCUT2D eigenvalue weighted by Gasteiger charge is 2.31. The zero-order valence-electron chi connectivity index (χ0n) is 10.2. The maximum atomic E-state index is 11.9. The molecule has 0 saturated carbocycles. The topological polar surface area (TPSA) is 40.6 Å². The number of hydrogen-bond acceptors (Lipinski definition) is 3. The molecule has 18 heavy (non-hydrogen) atoms. The van der Waals surface area contributed by atoms with Crippen molar-refractivity contribution >= 4 is 39.1 Å². The molecule has 1 fully saturated rings. The van der Waals surface area contributed by atoms with Crippen LogP contribution in [-0.4, -0.2) is 41.2 Å². The maximum absolute atomic E-state index is 11.9. The van der Waals surface area contributed by atoms with E-state index >= 15 is 0 Å². The Hall–Kier alpha value is -0.880. The van der Waals surface area contributed by atoms with Gasteiger partial charge in [-0.25, -0.2) is 0 Å². The van der Waals surface area contributed by atoms with Gasteiger partial charge in [0, 0.05) is 24.5 Å². The smallest absolute Gasteiger partial charge is 0.312 e. The van der Waals surface area contributed by atoms with Crippen LogP contribution in [0.2, 0.25) is 0 Å². The summed E-state index contributed by atoms with van der Waals surface area (Å²) in [6, 6.07) is 3.94. The lowest BCUT2D eigenvalue weighted by Gasteiger charge is -2.33. The summed E-state index contributed by atoms with van der Waals surface area (Å²) in [6.07, 6.45) is 0.886. The van der Waals surface area contributed by atoms with Crippen LogP contribution in [-0.2, 0) is 16.1 Å². The number of nitrogens with zero attached hydrogens (tertiary/aromatic N) is 2. The Balaban J connectivity index is 2.00. The molecule has 0 aromatic carbocycles. The van der Waals surface area contributed by atoms with E-state index in [1.54, 1.807) is 21.1 Å². The van der Waals surface area contributed by atoms with Gasteiger partial charge in [-0.05, 0) is 34.5 Å². The Morgan fingerprint density at radius 3 is 2.50 bits per heavy atom. The molecule has 4 nitrogen and oxygen atoms in total. The van der Waals surface area contributed by atoms with Gasteiger partial charge >= 0.3 is 11.8 Å². The highest BCUT2D eigenvalue weighted by atomic mass is 79.9. The fourth-order valence-electron chi connectivity index (χ4n) is 1.97. The number of carbonyl (C=O) groups excluding carboxylic acids is 2. The Morgan fingerprint density at radius 1 is 1.22 bits per heavy atom. The summed E-state index contributed by atoms with van der Waals surface area (Å²) in [5.74, 6) is -0.738. The summed E-state index contributed by atoms with van der Waals surface area (Å²) in [5.41, 5.74) is 0. The lowest BCUT2D eigenvalue weighted by molar-refractivity contribution is -0.156. The molecule has 0 atom stereocenters. The van der Waals surface area contributed by atoms with Crippen molar-refractivity contribution in [1.82, 2.24) is 9.80 Å². The van der Waals surface area contributed by atoms with Crippen molar-refractivity contribution in [2.24, 2.45) is 0 Å². The summed E-state index contributed by atoms with van der Waals surface area (Å²) in [5, 5.41) is 0. The second-order valence-electron chi connectivity index (χ2n) is 4.22. The normalized spacial score (nSPS) is 16.6. The number of carbonyl (C=O) groups is 2. The summed E-state index contributed by atoms with van der Waals surface area (Å²) in [4.78, 5) is 28.2. The van der Waals surface area contributed by atoms with Gasteiger partial charge < -0.3 is 9.80 Å². The molecule has 1 aromatic heterocycles. The molecule has 1 aliphatic heterocycles. The molecule has 6 heteroatoms. The minimum Gasteiger partial charge on any atom is -0.333 e. The van der Waals surface area contributed by atoms with E-state index in [0.717, 1.165) is 15.1 Å². The van der Waals surface area contributed by atoms with E-state index in [-0.39, 0.29) is 11.8 Å². The average Bonchev–Trinajstić information content (AvgIpc) is 2.75. The van der Waals surface area contributed by atoms with Crippen molar-refractivity contribution in [2.45, 2.75) is 19.9 Å². The highest BCUT2D eigenvalue weighted by Crippen LogP contribution is 2.23. The van der Waals surface area contributed by atoms with Crippen molar-refractivity contribution in [3.63, 3.8) is 0 Å². The first-order valence-corrected chi connectivity index (χ1v) is 7.55. The van der Waals surface area contributed by atoms with E-state index in [1.807, 2.05) is 19.1 Å². The number of thiophene rings is 1. The molecule has 0 N–H and O–H groups in total. The second-order valence-corrected chi connectivity index (χ2v) is 6.77. The third kappa shape index (κ3) is 2.92. The van der Waals surface area contributed by atoms with Gasteiger partial charge in [0.1, 0.15) is 0 Å². The molecule has 0 spiro atoms. The fourth-order valence-corrected chi connectivity index (χ4v) is 3.47. The van der Waals surface area contributed by atoms with E-state index in [2.05, 4.69) is 15.9 Å². The predicted molar refractivity (Wildman–Crippen MR) is 74.3 cm³/mol. The van der Waals surface area contributed by atoms with Crippen LogP contribution in [0.15, 0.2) is 15.9 Å². The fraction of sp³-hybridized carbons (Fsp3) is 0.500. The van der Waals surface area contributed by atoms with Gasteiger partial charge in [-0.1, -0.05) is 6.92 Å². The predicted octanol–water partition coefficient (Wildman–Crippen LogP) is 2.09. The molecule has 1 saturated heterocycles. The zero-order chi connectivity index (χ0) is 13.1. The molecule has 0 bridgehead atoms. The Kier molecular flexibility index (Phi) is 4.40. The third-order valence-electron chi connectivity index (χ3n) is 2.87. The molecule has 0 aliphatic carbocycles. The van der Waals surface area contributed by atoms with Crippen LogP contribution >= 0.6 is 27.3 Å². The molecule has 98 valence electrons. The number of amides is 2. The van der Waals surface area contributed by atoms with E-state index < -0.39 is 0 Å². The van der Waals surface area contributed by atoms with E-state index in [1.165, 1.54) is 0 Å². The minimum absolute atomic E-state index is 0.362. The summed E-state index contributed by atoms with van der Waals surface area (Å²) < 4.78 is 1.04. The maximum Gasteiger partial charge on any atom is 0.312 e. The monoisotopic (exact) mass is 330 g/mol. The number of rotatable bonds is 4. The van der Waals surface area contributed by atoms with E-state index in [0.29, 0.717) is 26.2 Å². The van der Waals surface area contributed by atoms with Crippen molar-refractivity contribution in [3.8, 4) is 0 Å². The zero-order valence-corrected chi connectivity index (χ0v) is 12.6. The van der Waals surface area contributed by atoms with Crippen LogP contribution in [0.3, 0.4) is 0 Å². The van der Waals surface area contributed by atoms with Crippen molar-refractivity contribution in [1.29, 1.82) is 0 Å². The van der Waals surface area contributed by atoms with Crippen molar-refractivity contribution < 1.29 is 9.59 Å². The molecule has 2 rings (SSSR count). The van der Waals surface area contributed by atoms with Crippen molar-refractivity contribution in [3.05, 3.63) is 20.8 Å². The van der Waals surface area contributed by atoms with Crippen molar-refractivity contribution in [2.75, 3.05) is 19.6 Å². The third-order valence-corrected chi connectivity index (χ3v) is 4.47.